The highest BCUT2D eigenvalue weighted by Crippen LogP contribution is 2.55. The maximum Gasteiger partial charge on any atom is 0.246 e. The van der Waals surface area contributed by atoms with Crippen molar-refractivity contribution in [3.63, 3.8) is 0 Å². The number of rotatable bonds is 6. The van der Waals surface area contributed by atoms with E-state index in [9.17, 15) is 14.4 Å². The fraction of sp³-hybridized carbons (Fsp3) is 0.433. The van der Waals surface area contributed by atoms with Gasteiger partial charge in [-0.25, -0.2) is 0 Å². The first-order valence-corrected chi connectivity index (χ1v) is 14.7. The maximum atomic E-state index is 14.2. The van der Waals surface area contributed by atoms with E-state index in [1.54, 1.807) is 17.0 Å². The fourth-order valence-corrected chi connectivity index (χ4v) is 7.22. The number of benzene rings is 2. The number of likely N-dealkylation sites (tertiary alicyclic amines) is 1. The molecule has 1 saturated carbocycles. The second kappa shape index (κ2) is 9.92. The van der Waals surface area contributed by atoms with Gasteiger partial charge in [-0.3, -0.25) is 14.4 Å². The van der Waals surface area contributed by atoms with E-state index in [-0.39, 0.29) is 37.1 Å². The van der Waals surface area contributed by atoms with Gasteiger partial charge in [0.25, 0.3) is 0 Å². The van der Waals surface area contributed by atoms with Crippen LogP contribution in [0.1, 0.15) is 37.7 Å². The van der Waals surface area contributed by atoms with Gasteiger partial charge in [0.15, 0.2) is 11.5 Å². The molecule has 0 radical (unpaired) electrons. The van der Waals surface area contributed by atoms with Crippen molar-refractivity contribution in [1.29, 1.82) is 0 Å². The van der Waals surface area contributed by atoms with Crippen LogP contribution in [0.25, 0.3) is 0 Å². The number of nitrogens with zero attached hydrogens (tertiary/aromatic N) is 1. The number of hydrogen-bond acceptors (Lipinski definition) is 6. The molecule has 2 saturated heterocycles. The van der Waals surface area contributed by atoms with Crippen LogP contribution in [0.3, 0.4) is 0 Å². The third-order valence-corrected chi connectivity index (χ3v) is 9.31. The summed E-state index contributed by atoms with van der Waals surface area (Å²) in [5.74, 6) is -1.11. The molecule has 9 nitrogen and oxygen atoms in total. The van der Waals surface area contributed by atoms with Gasteiger partial charge < -0.3 is 29.7 Å². The lowest BCUT2D eigenvalue weighted by Gasteiger charge is -2.34. The first-order valence-electron chi connectivity index (χ1n) is 13.9. The Kier molecular flexibility index (Phi) is 6.35. The number of anilines is 1. The van der Waals surface area contributed by atoms with E-state index in [1.165, 1.54) is 6.42 Å². The van der Waals surface area contributed by atoms with E-state index in [0.717, 1.165) is 35.7 Å². The average Bonchev–Trinajstić information content (AvgIpc) is 3.71. The summed E-state index contributed by atoms with van der Waals surface area (Å²) < 4.78 is 18.3. The predicted molar refractivity (Wildman–Crippen MR) is 148 cm³/mol. The molecule has 0 unspecified atom stereocenters. The Hall–Kier alpha value is -3.37. The molecule has 7 rings (SSSR count). The zero-order valence-electron chi connectivity index (χ0n) is 21.8. The zero-order chi connectivity index (χ0) is 27.4. The molecule has 2 bridgehead atoms. The van der Waals surface area contributed by atoms with Crippen LogP contribution in [0, 0.1) is 11.8 Å². The molecule has 4 heterocycles. The molecule has 3 amide bonds. The largest absolute Gasteiger partial charge is 0.454 e. The van der Waals surface area contributed by atoms with Crippen molar-refractivity contribution in [3.8, 4) is 11.5 Å². The summed E-state index contributed by atoms with van der Waals surface area (Å²) in [6, 6.07) is 12.0. The summed E-state index contributed by atoms with van der Waals surface area (Å²) in [4.78, 5) is 43.4. The van der Waals surface area contributed by atoms with Gasteiger partial charge in [0.1, 0.15) is 11.6 Å². The number of carbonyl (C=O) groups is 3. The molecule has 1 spiro atoms. The van der Waals surface area contributed by atoms with Crippen LogP contribution in [0.2, 0.25) is 0 Å². The van der Waals surface area contributed by atoms with E-state index >= 15 is 0 Å². The van der Waals surface area contributed by atoms with E-state index in [4.69, 9.17) is 14.2 Å². The third kappa shape index (κ3) is 4.19. The van der Waals surface area contributed by atoms with E-state index in [1.807, 2.05) is 42.5 Å². The summed E-state index contributed by atoms with van der Waals surface area (Å²) in [5, 5.41) is 6.17. The van der Waals surface area contributed by atoms with Crippen LogP contribution in [0.15, 0.2) is 59.1 Å². The molecule has 2 aromatic rings. The van der Waals surface area contributed by atoms with Crippen molar-refractivity contribution < 1.29 is 28.6 Å². The second-order valence-corrected chi connectivity index (χ2v) is 12.1. The summed E-state index contributed by atoms with van der Waals surface area (Å²) in [6.07, 6.45) is 8.24. The molecule has 1 aliphatic carbocycles. The Morgan fingerprint density at radius 3 is 2.58 bits per heavy atom. The summed E-state index contributed by atoms with van der Waals surface area (Å²) in [6.45, 7) is 0.327. The highest BCUT2D eigenvalue weighted by Gasteiger charge is 2.72. The minimum Gasteiger partial charge on any atom is -0.454 e. The molecular weight excluding hydrogens is 578 g/mol. The van der Waals surface area contributed by atoms with Crippen LogP contribution in [0.5, 0.6) is 11.5 Å². The number of ether oxygens (including phenoxy) is 3. The normalized spacial score (nSPS) is 30.0. The highest BCUT2D eigenvalue weighted by molar-refractivity contribution is 9.10. The SMILES string of the molecule is O=C(Nc1ccc(Br)cc1)[C@@H]1[C@@H]2C=C[C@]3(O2)[C@@H]1C(=O)N(Cc1ccc2c(c1)OCO2)[C@H]3C(=O)NC1CCCCC1. The summed E-state index contributed by atoms with van der Waals surface area (Å²) >= 11 is 3.41. The molecule has 40 heavy (non-hydrogen) atoms. The topological polar surface area (TPSA) is 106 Å². The van der Waals surface area contributed by atoms with Crippen LogP contribution in [-0.2, 0) is 25.7 Å². The Labute approximate surface area is 240 Å². The quantitative estimate of drug-likeness (QED) is 0.482. The molecule has 0 aromatic heterocycles. The second-order valence-electron chi connectivity index (χ2n) is 11.2. The predicted octanol–water partition coefficient (Wildman–Crippen LogP) is 3.92. The van der Waals surface area contributed by atoms with E-state index < -0.39 is 29.6 Å². The number of carbonyl (C=O) groups excluding carboxylic acids is 3. The molecule has 2 N–H and O–H groups in total. The van der Waals surface area contributed by atoms with Gasteiger partial charge >= 0.3 is 0 Å². The summed E-state index contributed by atoms with van der Waals surface area (Å²) in [5.41, 5.74) is 0.223. The highest BCUT2D eigenvalue weighted by atomic mass is 79.9. The number of amides is 3. The first kappa shape index (κ1) is 25.6. The zero-order valence-corrected chi connectivity index (χ0v) is 23.4. The Balaban J connectivity index is 1.21. The van der Waals surface area contributed by atoms with Crippen LogP contribution >= 0.6 is 15.9 Å². The molecule has 4 aliphatic heterocycles. The molecule has 2 aromatic carbocycles. The minimum absolute atomic E-state index is 0.0679. The van der Waals surface area contributed by atoms with Gasteiger partial charge in [-0.05, 0) is 54.8 Å². The van der Waals surface area contributed by atoms with E-state index in [2.05, 4.69) is 26.6 Å². The Morgan fingerprint density at radius 1 is 1.00 bits per heavy atom. The molecule has 10 heteroatoms. The van der Waals surface area contributed by atoms with Gasteiger partial charge in [0.05, 0.1) is 17.9 Å². The van der Waals surface area contributed by atoms with Crippen molar-refractivity contribution in [2.24, 2.45) is 11.8 Å². The van der Waals surface area contributed by atoms with E-state index in [0.29, 0.717) is 17.2 Å². The number of halogens is 1. The van der Waals surface area contributed by atoms with Gasteiger partial charge in [-0.2, -0.15) is 0 Å². The molecule has 5 aliphatic rings. The Morgan fingerprint density at radius 2 is 1.77 bits per heavy atom. The number of hydrogen-bond donors (Lipinski definition) is 2. The van der Waals surface area contributed by atoms with Gasteiger partial charge in [0.2, 0.25) is 24.5 Å². The van der Waals surface area contributed by atoms with Crippen LogP contribution in [0.4, 0.5) is 5.69 Å². The lowest BCUT2D eigenvalue weighted by atomic mass is 9.74. The molecule has 5 atom stereocenters. The monoisotopic (exact) mass is 607 g/mol. The third-order valence-electron chi connectivity index (χ3n) is 8.78. The molecule has 3 fully saturated rings. The van der Waals surface area contributed by atoms with Gasteiger partial charge in [-0.15, -0.1) is 0 Å². The van der Waals surface area contributed by atoms with Crippen molar-refractivity contribution in [3.05, 3.63) is 64.7 Å². The Bertz CT molecular complexity index is 1390. The minimum atomic E-state index is -1.21. The van der Waals surface area contributed by atoms with Crippen molar-refractivity contribution in [1.82, 2.24) is 10.2 Å². The number of nitrogens with one attached hydrogen (secondary N) is 2. The number of fused-ring (bicyclic) bond motifs is 2. The van der Waals surface area contributed by atoms with Gasteiger partial charge in [-0.1, -0.05) is 53.4 Å². The van der Waals surface area contributed by atoms with Crippen molar-refractivity contribution >= 4 is 39.3 Å². The lowest BCUT2D eigenvalue weighted by molar-refractivity contribution is -0.142. The lowest BCUT2D eigenvalue weighted by Crippen LogP contribution is -2.56. The van der Waals surface area contributed by atoms with Crippen LogP contribution < -0.4 is 20.1 Å². The smallest absolute Gasteiger partial charge is 0.246 e. The van der Waals surface area contributed by atoms with Crippen molar-refractivity contribution in [2.75, 3.05) is 12.1 Å². The van der Waals surface area contributed by atoms with Gasteiger partial charge in [0, 0.05) is 22.7 Å². The average molecular weight is 608 g/mol. The maximum absolute atomic E-state index is 14.2. The first-order chi connectivity index (χ1) is 19.4. The van der Waals surface area contributed by atoms with Crippen LogP contribution in [-0.4, -0.2) is 53.2 Å². The summed E-state index contributed by atoms with van der Waals surface area (Å²) in [7, 11) is 0. The molecule has 208 valence electrons. The fourth-order valence-electron chi connectivity index (χ4n) is 6.96. The molecular formula is C30H30BrN3O6. The van der Waals surface area contributed by atoms with Crippen molar-refractivity contribution in [2.45, 2.75) is 62.4 Å². The standard InChI is InChI=1S/C30H30BrN3O6/c31-18-7-9-20(10-8-18)32-27(35)24-22-12-13-30(40-22)25(24)29(37)34(15-17-6-11-21-23(14-17)39-16-38-21)26(30)28(36)33-19-4-2-1-3-5-19/h6-14,19,22,24-26H,1-5,15-16H2,(H,32,35)(H,33,36)/t22-,24+,25-,26-,30-/m0/s1.